The molecule has 2 N–H and O–H groups in total. The van der Waals surface area contributed by atoms with E-state index >= 15 is 0 Å². The van der Waals surface area contributed by atoms with Crippen LogP contribution in [0.2, 0.25) is 0 Å². The van der Waals surface area contributed by atoms with Crippen LogP contribution in [-0.2, 0) is 0 Å². The summed E-state index contributed by atoms with van der Waals surface area (Å²) in [6, 6.07) is 6.17. The highest BCUT2D eigenvalue weighted by atomic mass is 15.4. The molecule has 0 atom stereocenters. The number of fused-ring (bicyclic) bond motifs is 1. The molecule has 3 rings (SSSR count). The molecule has 1 aromatic heterocycles. The predicted octanol–water partition coefficient (Wildman–Crippen LogP) is 2.63. The maximum atomic E-state index is 4.64. The van der Waals surface area contributed by atoms with Crippen LogP contribution < -0.4 is 10.6 Å². The van der Waals surface area contributed by atoms with Gasteiger partial charge in [0.05, 0.1) is 24.5 Å². The van der Waals surface area contributed by atoms with Gasteiger partial charge in [0, 0.05) is 11.9 Å². The maximum Gasteiger partial charge on any atom is 0.230 e. The SMILES string of the molecule is CCCCN1CN=C(Nc2nc(C)c3cccc(C)c3n2)NC1. The van der Waals surface area contributed by atoms with Gasteiger partial charge in [-0.15, -0.1) is 0 Å². The molecule has 1 aromatic carbocycles. The molecule has 2 heterocycles. The Morgan fingerprint density at radius 1 is 1.26 bits per heavy atom. The van der Waals surface area contributed by atoms with Gasteiger partial charge in [0.15, 0.2) is 0 Å². The number of aryl methyl sites for hydroxylation is 2. The Bertz CT molecular complexity index is 724. The van der Waals surface area contributed by atoms with Gasteiger partial charge in [0.2, 0.25) is 11.9 Å². The summed E-state index contributed by atoms with van der Waals surface area (Å²) in [5.74, 6) is 1.34. The van der Waals surface area contributed by atoms with E-state index in [-0.39, 0.29) is 0 Å². The highest BCUT2D eigenvalue weighted by Gasteiger charge is 2.13. The normalized spacial score (nSPS) is 15.3. The molecule has 0 amide bonds. The van der Waals surface area contributed by atoms with E-state index in [1.54, 1.807) is 0 Å². The van der Waals surface area contributed by atoms with Crippen molar-refractivity contribution < 1.29 is 0 Å². The minimum Gasteiger partial charge on any atom is -0.343 e. The largest absolute Gasteiger partial charge is 0.343 e. The molecule has 0 spiro atoms. The lowest BCUT2D eigenvalue weighted by Gasteiger charge is -2.26. The van der Waals surface area contributed by atoms with Crippen LogP contribution in [0.25, 0.3) is 10.9 Å². The molecule has 0 bridgehead atoms. The predicted molar refractivity (Wildman–Crippen MR) is 94.6 cm³/mol. The molecule has 1 aliphatic rings. The van der Waals surface area contributed by atoms with Crippen LogP contribution >= 0.6 is 0 Å². The summed E-state index contributed by atoms with van der Waals surface area (Å²) in [7, 11) is 0. The van der Waals surface area contributed by atoms with Crippen LogP contribution in [0, 0.1) is 13.8 Å². The summed E-state index contributed by atoms with van der Waals surface area (Å²) in [5.41, 5.74) is 3.12. The number of aromatic nitrogens is 2. The minimum atomic E-state index is 0.595. The number of aliphatic imine (C=N–C) groups is 1. The second kappa shape index (κ2) is 6.91. The number of nitrogens with zero attached hydrogens (tertiary/aromatic N) is 4. The second-order valence-corrected chi connectivity index (χ2v) is 5.96. The number of para-hydroxylation sites is 1. The number of benzene rings is 1. The van der Waals surface area contributed by atoms with Crippen molar-refractivity contribution in [2.24, 2.45) is 4.99 Å². The van der Waals surface area contributed by atoms with Crippen molar-refractivity contribution >= 4 is 22.8 Å². The van der Waals surface area contributed by atoms with Gasteiger partial charge in [-0.3, -0.25) is 10.2 Å². The fourth-order valence-electron chi connectivity index (χ4n) is 2.69. The van der Waals surface area contributed by atoms with Gasteiger partial charge in [-0.1, -0.05) is 31.5 Å². The summed E-state index contributed by atoms with van der Waals surface area (Å²) in [6.45, 7) is 8.87. The van der Waals surface area contributed by atoms with E-state index in [4.69, 9.17) is 0 Å². The minimum absolute atomic E-state index is 0.595. The molecule has 0 saturated heterocycles. The van der Waals surface area contributed by atoms with E-state index in [0.29, 0.717) is 12.6 Å². The van der Waals surface area contributed by atoms with Gasteiger partial charge in [0.1, 0.15) is 0 Å². The van der Waals surface area contributed by atoms with Gasteiger partial charge in [-0.25, -0.2) is 15.0 Å². The van der Waals surface area contributed by atoms with Crippen LogP contribution in [0.1, 0.15) is 31.0 Å². The van der Waals surface area contributed by atoms with Crippen LogP contribution in [0.4, 0.5) is 5.95 Å². The average molecular weight is 312 g/mol. The van der Waals surface area contributed by atoms with E-state index in [9.17, 15) is 0 Å². The third kappa shape index (κ3) is 3.59. The Kier molecular flexibility index (Phi) is 4.71. The summed E-state index contributed by atoms with van der Waals surface area (Å²) >= 11 is 0. The molecule has 6 heteroatoms. The summed E-state index contributed by atoms with van der Waals surface area (Å²) in [5, 5.41) is 7.60. The van der Waals surface area contributed by atoms with Crippen molar-refractivity contribution in [2.45, 2.75) is 33.6 Å². The summed E-state index contributed by atoms with van der Waals surface area (Å²) in [4.78, 5) is 16.0. The lowest BCUT2D eigenvalue weighted by molar-refractivity contribution is 0.261. The number of hydrogen-bond donors (Lipinski definition) is 2. The molecular formula is C17H24N6. The fourth-order valence-corrected chi connectivity index (χ4v) is 2.69. The topological polar surface area (TPSA) is 65.4 Å². The van der Waals surface area contributed by atoms with Crippen molar-refractivity contribution in [1.29, 1.82) is 0 Å². The molecule has 23 heavy (non-hydrogen) atoms. The number of hydrogen-bond acceptors (Lipinski definition) is 6. The van der Waals surface area contributed by atoms with Gasteiger partial charge in [0.25, 0.3) is 0 Å². The molecule has 6 nitrogen and oxygen atoms in total. The molecule has 2 aromatic rings. The van der Waals surface area contributed by atoms with Crippen LogP contribution in [0.15, 0.2) is 23.2 Å². The lowest BCUT2D eigenvalue weighted by atomic mass is 10.1. The van der Waals surface area contributed by atoms with Crippen molar-refractivity contribution in [3.05, 3.63) is 29.5 Å². The Labute approximate surface area is 137 Å². The molecule has 122 valence electrons. The van der Waals surface area contributed by atoms with Crippen LogP contribution in [0.3, 0.4) is 0 Å². The smallest absolute Gasteiger partial charge is 0.230 e. The molecule has 0 saturated carbocycles. The summed E-state index contributed by atoms with van der Waals surface area (Å²) < 4.78 is 0. The Balaban J connectivity index is 1.75. The van der Waals surface area contributed by atoms with Gasteiger partial charge >= 0.3 is 0 Å². The first-order valence-electron chi connectivity index (χ1n) is 8.19. The van der Waals surface area contributed by atoms with Crippen molar-refractivity contribution in [3.63, 3.8) is 0 Å². The molecule has 0 fully saturated rings. The first kappa shape index (κ1) is 15.7. The molecule has 0 radical (unpaired) electrons. The van der Waals surface area contributed by atoms with E-state index in [2.05, 4.69) is 56.5 Å². The van der Waals surface area contributed by atoms with Crippen LogP contribution in [-0.4, -0.2) is 40.7 Å². The van der Waals surface area contributed by atoms with E-state index < -0.39 is 0 Å². The highest BCUT2D eigenvalue weighted by molar-refractivity contribution is 5.93. The third-order valence-electron chi connectivity index (χ3n) is 4.08. The zero-order valence-electron chi connectivity index (χ0n) is 14.1. The fraction of sp³-hybridized carbons (Fsp3) is 0.471. The van der Waals surface area contributed by atoms with E-state index in [1.807, 2.05) is 13.0 Å². The number of rotatable bonds is 4. The maximum absolute atomic E-state index is 4.64. The van der Waals surface area contributed by atoms with Gasteiger partial charge in [-0.2, -0.15) is 0 Å². The van der Waals surface area contributed by atoms with Gasteiger partial charge < -0.3 is 5.32 Å². The van der Waals surface area contributed by atoms with Crippen molar-refractivity contribution in [3.8, 4) is 0 Å². The second-order valence-electron chi connectivity index (χ2n) is 5.96. The van der Waals surface area contributed by atoms with E-state index in [1.165, 1.54) is 12.8 Å². The highest BCUT2D eigenvalue weighted by Crippen LogP contribution is 2.20. The Hall–Kier alpha value is -2.21. The first-order chi connectivity index (χ1) is 11.2. The number of unbranched alkanes of at least 4 members (excludes halogenated alkanes) is 1. The Morgan fingerprint density at radius 3 is 2.87 bits per heavy atom. The number of guanidine groups is 1. The van der Waals surface area contributed by atoms with Gasteiger partial charge in [-0.05, 0) is 25.8 Å². The lowest BCUT2D eigenvalue weighted by Crippen LogP contribution is -2.46. The zero-order valence-corrected chi connectivity index (χ0v) is 14.1. The monoisotopic (exact) mass is 312 g/mol. The Morgan fingerprint density at radius 2 is 2.13 bits per heavy atom. The van der Waals surface area contributed by atoms with Crippen molar-refractivity contribution in [1.82, 2.24) is 20.2 Å². The molecule has 0 aliphatic carbocycles. The number of nitrogens with one attached hydrogen (secondary N) is 2. The third-order valence-corrected chi connectivity index (χ3v) is 4.08. The number of anilines is 1. The molecule has 0 unspecified atom stereocenters. The molecular weight excluding hydrogens is 288 g/mol. The first-order valence-corrected chi connectivity index (χ1v) is 8.19. The zero-order chi connectivity index (χ0) is 16.2. The standard InChI is InChI=1S/C17H24N6/c1-4-5-9-23-10-18-16(19-11-23)22-17-20-13(3)14-8-6-7-12(2)15(14)21-17/h6-8H,4-5,9-11H2,1-3H3,(H2,18,19,20,21,22). The molecule has 1 aliphatic heterocycles. The summed E-state index contributed by atoms with van der Waals surface area (Å²) in [6.07, 6.45) is 2.40. The van der Waals surface area contributed by atoms with E-state index in [0.717, 1.165) is 41.3 Å². The van der Waals surface area contributed by atoms with Crippen molar-refractivity contribution in [2.75, 3.05) is 25.2 Å². The van der Waals surface area contributed by atoms with Crippen LogP contribution in [0.5, 0.6) is 0 Å². The average Bonchev–Trinajstić information content (AvgIpc) is 2.55. The quantitative estimate of drug-likeness (QED) is 0.908.